The van der Waals surface area contributed by atoms with Gasteiger partial charge in [-0.2, -0.15) is 0 Å². The van der Waals surface area contributed by atoms with Crippen molar-refractivity contribution < 1.29 is 24.2 Å². The van der Waals surface area contributed by atoms with Gasteiger partial charge in [0, 0.05) is 22.0 Å². The molecule has 0 aliphatic rings. The predicted octanol–water partition coefficient (Wildman–Crippen LogP) is 3.21. The van der Waals surface area contributed by atoms with E-state index in [0.29, 0.717) is 15.6 Å². The van der Waals surface area contributed by atoms with Crippen molar-refractivity contribution in [2.24, 2.45) is 0 Å². The van der Waals surface area contributed by atoms with Gasteiger partial charge in [-0.05, 0) is 35.9 Å². The Kier molecular flexibility index (Phi) is 6.60. The molecule has 0 heterocycles. The van der Waals surface area contributed by atoms with Crippen LogP contribution < -0.4 is 5.32 Å². The molecule has 0 radical (unpaired) electrons. The molecule has 0 aliphatic carbocycles. The fourth-order valence-corrected chi connectivity index (χ4v) is 2.83. The standard InChI is InChI=1S/C18H15Cl2NO5/c1-26-18(25)11-5-2-4-10(8-11)16(22)21-15(17(23)24)9-12-13(19)6-3-7-14(12)20/h2-8,15H,9H2,1H3,(H,21,22)(H,23,24)/t15-/m1/s1. The van der Waals surface area contributed by atoms with E-state index in [0.717, 1.165) is 0 Å². The smallest absolute Gasteiger partial charge is 0.337 e. The van der Waals surface area contributed by atoms with Crippen LogP contribution >= 0.6 is 23.2 Å². The Hall–Kier alpha value is -2.57. The summed E-state index contributed by atoms with van der Waals surface area (Å²) < 4.78 is 4.60. The second-order valence-corrected chi connectivity index (χ2v) is 6.16. The van der Waals surface area contributed by atoms with Gasteiger partial charge in [0.25, 0.3) is 5.91 Å². The van der Waals surface area contributed by atoms with Crippen molar-refractivity contribution in [1.29, 1.82) is 0 Å². The number of rotatable bonds is 6. The molecule has 26 heavy (non-hydrogen) atoms. The van der Waals surface area contributed by atoms with Gasteiger partial charge in [0.2, 0.25) is 0 Å². The summed E-state index contributed by atoms with van der Waals surface area (Å²) in [5.74, 6) is -2.48. The number of carbonyl (C=O) groups excluding carboxylic acids is 2. The molecule has 0 saturated carbocycles. The average Bonchev–Trinajstić information content (AvgIpc) is 2.62. The maximum atomic E-state index is 12.4. The number of esters is 1. The minimum atomic E-state index is -1.25. The predicted molar refractivity (Wildman–Crippen MR) is 96.8 cm³/mol. The van der Waals surface area contributed by atoms with Crippen LogP contribution in [0.3, 0.4) is 0 Å². The van der Waals surface area contributed by atoms with Crippen molar-refractivity contribution in [2.75, 3.05) is 7.11 Å². The van der Waals surface area contributed by atoms with Crippen LogP contribution in [0.4, 0.5) is 0 Å². The Morgan fingerprint density at radius 2 is 1.65 bits per heavy atom. The minimum absolute atomic E-state index is 0.0870. The first-order valence-electron chi connectivity index (χ1n) is 7.48. The molecule has 0 bridgehead atoms. The number of carbonyl (C=O) groups is 3. The number of hydrogen-bond acceptors (Lipinski definition) is 4. The number of hydrogen-bond donors (Lipinski definition) is 2. The van der Waals surface area contributed by atoms with Gasteiger partial charge >= 0.3 is 11.9 Å². The number of benzene rings is 2. The number of ether oxygens (including phenoxy) is 1. The molecular weight excluding hydrogens is 381 g/mol. The van der Waals surface area contributed by atoms with E-state index in [4.69, 9.17) is 23.2 Å². The molecule has 2 rings (SSSR count). The summed E-state index contributed by atoms with van der Waals surface area (Å²) in [5, 5.41) is 12.5. The highest BCUT2D eigenvalue weighted by molar-refractivity contribution is 6.36. The zero-order chi connectivity index (χ0) is 19.3. The zero-order valence-corrected chi connectivity index (χ0v) is 15.2. The second kappa shape index (κ2) is 8.69. The Bertz CT molecular complexity index is 833. The Morgan fingerprint density at radius 1 is 1.08 bits per heavy atom. The second-order valence-electron chi connectivity index (χ2n) is 5.34. The molecule has 8 heteroatoms. The van der Waals surface area contributed by atoms with Gasteiger partial charge in [0.15, 0.2) is 0 Å². The van der Waals surface area contributed by atoms with Gasteiger partial charge < -0.3 is 15.2 Å². The van der Waals surface area contributed by atoms with E-state index < -0.39 is 23.9 Å². The van der Waals surface area contributed by atoms with Crippen LogP contribution in [0.25, 0.3) is 0 Å². The van der Waals surface area contributed by atoms with E-state index in [2.05, 4.69) is 10.1 Å². The lowest BCUT2D eigenvalue weighted by Crippen LogP contribution is -2.42. The van der Waals surface area contributed by atoms with E-state index in [1.54, 1.807) is 18.2 Å². The van der Waals surface area contributed by atoms with E-state index in [9.17, 15) is 19.5 Å². The summed E-state index contributed by atoms with van der Waals surface area (Å²) in [5.41, 5.74) is 0.734. The summed E-state index contributed by atoms with van der Waals surface area (Å²) in [7, 11) is 1.23. The number of halogens is 2. The van der Waals surface area contributed by atoms with Crippen LogP contribution in [0.1, 0.15) is 26.3 Å². The number of nitrogens with one attached hydrogen (secondary N) is 1. The third-order valence-electron chi connectivity index (χ3n) is 3.62. The average molecular weight is 396 g/mol. The topological polar surface area (TPSA) is 92.7 Å². The SMILES string of the molecule is COC(=O)c1cccc(C(=O)N[C@H](Cc2c(Cl)cccc2Cl)C(=O)O)c1. The number of amides is 1. The molecule has 0 saturated heterocycles. The molecule has 1 amide bonds. The fraction of sp³-hybridized carbons (Fsp3) is 0.167. The van der Waals surface area contributed by atoms with Crippen molar-refractivity contribution >= 4 is 41.0 Å². The van der Waals surface area contributed by atoms with Gasteiger partial charge in [-0.3, -0.25) is 4.79 Å². The van der Waals surface area contributed by atoms with Crippen molar-refractivity contribution in [1.82, 2.24) is 5.32 Å². The summed E-state index contributed by atoms with van der Waals surface area (Å²) in [6.45, 7) is 0. The van der Waals surface area contributed by atoms with Gasteiger partial charge in [0.1, 0.15) is 6.04 Å². The summed E-state index contributed by atoms with van der Waals surface area (Å²) in [6, 6.07) is 9.34. The largest absolute Gasteiger partial charge is 0.480 e. The van der Waals surface area contributed by atoms with E-state index in [1.807, 2.05) is 0 Å². The highest BCUT2D eigenvalue weighted by Gasteiger charge is 2.23. The van der Waals surface area contributed by atoms with Gasteiger partial charge in [-0.25, -0.2) is 9.59 Å². The molecule has 0 spiro atoms. The summed E-state index contributed by atoms with van der Waals surface area (Å²) in [4.78, 5) is 35.5. The Labute approximate surface area is 159 Å². The van der Waals surface area contributed by atoms with Crippen molar-refractivity contribution in [3.63, 3.8) is 0 Å². The van der Waals surface area contributed by atoms with Crippen molar-refractivity contribution in [3.05, 3.63) is 69.2 Å². The molecular formula is C18H15Cl2NO5. The third kappa shape index (κ3) is 4.74. The monoisotopic (exact) mass is 395 g/mol. The molecule has 0 unspecified atom stereocenters. The van der Waals surface area contributed by atoms with Crippen LogP contribution in [0.5, 0.6) is 0 Å². The molecule has 1 atom stereocenters. The fourth-order valence-electron chi connectivity index (χ4n) is 2.28. The third-order valence-corrected chi connectivity index (χ3v) is 4.33. The highest BCUT2D eigenvalue weighted by Crippen LogP contribution is 2.25. The zero-order valence-electron chi connectivity index (χ0n) is 13.7. The lowest BCUT2D eigenvalue weighted by atomic mass is 10.0. The molecule has 2 aromatic carbocycles. The first-order valence-corrected chi connectivity index (χ1v) is 8.24. The van der Waals surface area contributed by atoms with Gasteiger partial charge in [-0.15, -0.1) is 0 Å². The number of aliphatic carboxylic acids is 1. The van der Waals surface area contributed by atoms with Crippen LogP contribution in [0.2, 0.25) is 10.0 Å². The van der Waals surface area contributed by atoms with Crippen molar-refractivity contribution in [2.45, 2.75) is 12.5 Å². The maximum absolute atomic E-state index is 12.4. The van der Waals surface area contributed by atoms with Crippen LogP contribution in [0, 0.1) is 0 Å². The number of carboxylic acid groups (broad SMARTS) is 1. The summed E-state index contributed by atoms with van der Waals surface area (Å²) >= 11 is 12.1. The minimum Gasteiger partial charge on any atom is -0.480 e. The van der Waals surface area contributed by atoms with Gasteiger partial charge in [-0.1, -0.05) is 35.3 Å². The van der Waals surface area contributed by atoms with E-state index >= 15 is 0 Å². The van der Waals surface area contributed by atoms with E-state index in [-0.39, 0.29) is 17.5 Å². The highest BCUT2D eigenvalue weighted by atomic mass is 35.5. The molecule has 0 aromatic heterocycles. The molecule has 0 fully saturated rings. The van der Waals surface area contributed by atoms with Crippen molar-refractivity contribution in [3.8, 4) is 0 Å². The molecule has 2 aromatic rings. The maximum Gasteiger partial charge on any atom is 0.337 e. The first-order chi connectivity index (χ1) is 12.3. The van der Waals surface area contributed by atoms with Gasteiger partial charge in [0.05, 0.1) is 12.7 Å². The lowest BCUT2D eigenvalue weighted by Gasteiger charge is -2.16. The quantitative estimate of drug-likeness (QED) is 0.732. The lowest BCUT2D eigenvalue weighted by molar-refractivity contribution is -0.139. The Morgan fingerprint density at radius 3 is 2.23 bits per heavy atom. The summed E-state index contributed by atoms with van der Waals surface area (Å²) in [6.07, 6.45) is -0.0870. The van der Waals surface area contributed by atoms with E-state index in [1.165, 1.54) is 31.4 Å². The molecule has 136 valence electrons. The number of methoxy groups -OCH3 is 1. The molecule has 6 nitrogen and oxygen atoms in total. The Balaban J connectivity index is 2.21. The molecule has 2 N–H and O–H groups in total. The van der Waals surface area contributed by atoms with Crippen LogP contribution in [-0.4, -0.2) is 36.1 Å². The number of carboxylic acids is 1. The van der Waals surface area contributed by atoms with Crippen LogP contribution in [0.15, 0.2) is 42.5 Å². The first kappa shape index (κ1) is 19.8. The normalized spacial score (nSPS) is 11.5. The molecule has 0 aliphatic heterocycles. The van der Waals surface area contributed by atoms with Crippen LogP contribution in [-0.2, 0) is 16.0 Å².